The molecule has 4 nitrogen and oxygen atoms in total. The average Bonchev–Trinajstić information content (AvgIpc) is 2.41. The number of anilines is 1. The Balaban J connectivity index is 0.00000180. The van der Waals surface area contributed by atoms with Crippen LogP contribution in [0.1, 0.15) is 13.8 Å². The second-order valence-electron chi connectivity index (χ2n) is 3.98. The van der Waals surface area contributed by atoms with E-state index >= 15 is 0 Å². The van der Waals surface area contributed by atoms with Gasteiger partial charge in [0.1, 0.15) is 17.9 Å². The van der Waals surface area contributed by atoms with E-state index in [9.17, 15) is 5.11 Å². The highest BCUT2D eigenvalue weighted by atomic mass is 79.9. The number of aromatic nitrogens is 2. The third kappa shape index (κ3) is 3.67. The molecule has 0 bridgehead atoms. The average molecular weight is 324 g/mol. The van der Waals surface area contributed by atoms with E-state index in [-0.39, 0.29) is 22.7 Å². The lowest BCUT2D eigenvalue weighted by molar-refractivity contribution is 0.475. The lowest BCUT2D eigenvalue weighted by atomic mass is 10.1. The van der Waals surface area contributed by atoms with E-state index < -0.39 is 0 Å². The summed E-state index contributed by atoms with van der Waals surface area (Å²) in [4.78, 5) is 10.7. The smallest absolute Gasteiger partial charge is 0.132 e. The van der Waals surface area contributed by atoms with E-state index in [4.69, 9.17) is 0 Å². The highest BCUT2D eigenvalue weighted by molar-refractivity contribution is 8.93. The van der Waals surface area contributed by atoms with Gasteiger partial charge in [0, 0.05) is 24.7 Å². The van der Waals surface area contributed by atoms with Gasteiger partial charge in [-0.25, -0.2) is 9.97 Å². The van der Waals surface area contributed by atoms with Crippen LogP contribution in [0.2, 0.25) is 0 Å². The topological polar surface area (TPSA) is 49.2 Å². The maximum Gasteiger partial charge on any atom is 0.132 e. The molecule has 1 aromatic carbocycles. The lowest BCUT2D eigenvalue weighted by Gasteiger charge is -2.19. The molecule has 0 spiro atoms. The molecule has 0 fully saturated rings. The number of rotatable bonds is 4. The number of nitrogens with zero attached hydrogens (tertiary/aromatic N) is 3. The zero-order chi connectivity index (χ0) is 13.0. The van der Waals surface area contributed by atoms with Gasteiger partial charge in [0.25, 0.3) is 0 Å². The van der Waals surface area contributed by atoms with E-state index in [0.29, 0.717) is 0 Å². The maximum absolute atomic E-state index is 9.28. The Morgan fingerprint density at radius 3 is 2.26 bits per heavy atom. The van der Waals surface area contributed by atoms with Crippen LogP contribution in [0.3, 0.4) is 0 Å². The molecular formula is C14H18BrN3O. The number of hydrogen-bond acceptors (Lipinski definition) is 4. The van der Waals surface area contributed by atoms with Gasteiger partial charge in [-0.05, 0) is 38.1 Å². The first-order valence-electron chi connectivity index (χ1n) is 6.11. The molecule has 0 amide bonds. The fourth-order valence-corrected chi connectivity index (χ4v) is 1.86. The minimum atomic E-state index is 0. The van der Waals surface area contributed by atoms with Crippen LogP contribution in [0.15, 0.2) is 36.7 Å². The number of phenols is 1. The van der Waals surface area contributed by atoms with E-state index in [0.717, 1.165) is 30.2 Å². The molecular weight excluding hydrogens is 306 g/mol. The third-order valence-electron chi connectivity index (χ3n) is 2.90. The second-order valence-corrected chi connectivity index (χ2v) is 3.98. The van der Waals surface area contributed by atoms with Crippen LogP contribution in [-0.2, 0) is 0 Å². The Kier molecular flexibility index (Phi) is 5.76. The van der Waals surface area contributed by atoms with E-state index in [1.807, 2.05) is 18.2 Å². The van der Waals surface area contributed by atoms with Gasteiger partial charge in [0.15, 0.2) is 0 Å². The molecule has 0 aliphatic rings. The molecule has 0 aliphatic carbocycles. The highest BCUT2D eigenvalue weighted by Gasteiger charge is 2.06. The summed E-state index contributed by atoms with van der Waals surface area (Å²) in [5.41, 5.74) is 1.84. The summed E-state index contributed by atoms with van der Waals surface area (Å²) in [6, 6.07) is 9.00. The normalized spacial score (nSPS) is 9.79. The first-order chi connectivity index (χ1) is 8.74. The van der Waals surface area contributed by atoms with Crippen molar-refractivity contribution in [2.24, 2.45) is 0 Å². The molecule has 19 heavy (non-hydrogen) atoms. The number of phenolic OH excluding ortho intramolecular Hbond substituents is 1. The predicted octanol–water partition coefficient (Wildman–Crippen LogP) is 3.27. The van der Waals surface area contributed by atoms with Crippen molar-refractivity contribution in [1.82, 2.24) is 9.97 Å². The van der Waals surface area contributed by atoms with Crippen LogP contribution >= 0.6 is 17.0 Å². The van der Waals surface area contributed by atoms with Crippen LogP contribution in [0.5, 0.6) is 5.75 Å². The summed E-state index contributed by atoms with van der Waals surface area (Å²) in [5.74, 6) is 1.19. The maximum atomic E-state index is 9.28. The van der Waals surface area contributed by atoms with Gasteiger partial charge in [-0.15, -0.1) is 17.0 Å². The van der Waals surface area contributed by atoms with Crippen molar-refractivity contribution < 1.29 is 5.11 Å². The predicted molar refractivity (Wildman–Crippen MR) is 83.0 cm³/mol. The first kappa shape index (κ1) is 15.4. The van der Waals surface area contributed by atoms with Crippen molar-refractivity contribution in [2.75, 3.05) is 18.0 Å². The molecule has 1 N–H and O–H groups in total. The van der Waals surface area contributed by atoms with Crippen LogP contribution in [0.25, 0.3) is 11.3 Å². The molecule has 102 valence electrons. The summed E-state index contributed by atoms with van der Waals surface area (Å²) in [6.07, 6.45) is 1.58. The molecule has 0 aliphatic heterocycles. The number of aromatic hydroxyl groups is 1. The lowest BCUT2D eigenvalue weighted by Crippen LogP contribution is -2.22. The van der Waals surface area contributed by atoms with Crippen LogP contribution < -0.4 is 4.90 Å². The van der Waals surface area contributed by atoms with Gasteiger partial charge in [0.2, 0.25) is 0 Å². The summed E-state index contributed by atoms with van der Waals surface area (Å²) in [5, 5.41) is 9.28. The summed E-state index contributed by atoms with van der Waals surface area (Å²) < 4.78 is 0. The molecule has 0 saturated heterocycles. The van der Waals surface area contributed by atoms with Gasteiger partial charge in [-0.3, -0.25) is 0 Å². The molecule has 1 heterocycles. The summed E-state index contributed by atoms with van der Waals surface area (Å²) in [6.45, 7) is 6.04. The van der Waals surface area contributed by atoms with Crippen molar-refractivity contribution in [3.05, 3.63) is 36.7 Å². The second kappa shape index (κ2) is 7.09. The first-order valence-corrected chi connectivity index (χ1v) is 6.11. The Hall–Kier alpha value is -1.62. The molecule has 2 aromatic rings. The third-order valence-corrected chi connectivity index (χ3v) is 2.90. The number of benzene rings is 1. The quantitative estimate of drug-likeness (QED) is 0.938. The van der Waals surface area contributed by atoms with Gasteiger partial charge in [-0.2, -0.15) is 0 Å². The van der Waals surface area contributed by atoms with Gasteiger partial charge in [0.05, 0.1) is 5.69 Å². The molecule has 1 aromatic heterocycles. The SMILES string of the molecule is Br.CCN(CC)c1cc(-c2ccc(O)cc2)ncn1. The van der Waals surface area contributed by atoms with Crippen LogP contribution in [0, 0.1) is 0 Å². The largest absolute Gasteiger partial charge is 0.508 e. The van der Waals surface area contributed by atoms with Crippen LogP contribution in [-0.4, -0.2) is 28.2 Å². The van der Waals surface area contributed by atoms with E-state index in [1.165, 1.54) is 0 Å². The number of halogens is 1. The zero-order valence-corrected chi connectivity index (χ0v) is 12.8. The van der Waals surface area contributed by atoms with Gasteiger partial charge >= 0.3 is 0 Å². The van der Waals surface area contributed by atoms with Crippen molar-refractivity contribution in [1.29, 1.82) is 0 Å². The Labute approximate surface area is 123 Å². The van der Waals surface area contributed by atoms with E-state index in [1.54, 1.807) is 18.5 Å². The van der Waals surface area contributed by atoms with Gasteiger partial charge in [-0.1, -0.05) is 0 Å². The van der Waals surface area contributed by atoms with Crippen LogP contribution in [0.4, 0.5) is 5.82 Å². The number of hydrogen-bond donors (Lipinski definition) is 1. The molecule has 0 atom stereocenters. The molecule has 0 unspecified atom stereocenters. The van der Waals surface area contributed by atoms with Crippen molar-refractivity contribution in [3.8, 4) is 17.0 Å². The Morgan fingerprint density at radius 1 is 1.05 bits per heavy atom. The molecule has 0 saturated carbocycles. The van der Waals surface area contributed by atoms with Gasteiger partial charge < -0.3 is 10.0 Å². The Morgan fingerprint density at radius 2 is 1.68 bits per heavy atom. The standard InChI is InChI=1S/C14H17N3O.BrH/c1-3-17(4-2)14-9-13(15-10-16-14)11-5-7-12(18)8-6-11;/h5-10,18H,3-4H2,1-2H3;1H. The van der Waals surface area contributed by atoms with Crippen molar-refractivity contribution in [2.45, 2.75) is 13.8 Å². The fraction of sp³-hybridized carbons (Fsp3) is 0.286. The Bertz CT molecular complexity index is 512. The van der Waals surface area contributed by atoms with E-state index in [2.05, 4.69) is 28.7 Å². The summed E-state index contributed by atoms with van der Waals surface area (Å²) in [7, 11) is 0. The monoisotopic (exact) mass is 323 g/mol. The molecule has 2 rings (SSSR count). The molecule has 0 radical (unpaired) electrons. The van der Waals surface area contributed by atoms with Crippen molar-refractivity contribution >= 4 is 22.8 Å². The minimum absolute atomic E-state index is 0. The fourth-order valence-electron chi connectivity index (χ4n) is 1.86. The molecule has 5 heteroatoms. The zero-order valence-electron chi connectivity index (χ0n) is 11.1. The van der Waals surface area contributed by atoms with Crippen molar-refractivity contribution in [3.63, 3.8) is 0 Å². The highest BCUT2D eigenvalue weighted by Crippen LogP contribution is 2.22. The summed E-state index contributed by atoms with van der Waals surface area (Å²) >= 11 is 0. The minimum Gasteiger partial charge on any atom is -0.508 e.